The summed E-state index contributed by atoms with van der Waals surface area (Å²) >= 11 is 1.78. The molecule has 0 bridgehead atoms. The van der Waals surface area contributed by atoms with Gasteiger partial charge < -0.3 is 0 Å². The van der Waals surface area contributed by atoms with Crippen molar-refractivity contribution < 1.29 is 0 Å². The van der Waals surface area contributed by atoms with E-state index in [2.05, 4.69) is 170 Å². The molecule has 2 heterocycles. The first-order chi connectivity index (χ1) is 29.2. The van der Waals surface area contributed by atoms with Gasteiger partial charge in [-0.3, -0.25) is 4.99 Å². The van der Waals surface area contributed by atoms with Crippen LogP contribution in [0.25, 0.3) is 88.8 Å². The number of fused-ring (bicyclic) bond motifs is 4. The number of benzene rings is 9. The highest BCUT2D eigenvalue weighted by Crippen LogP contribution is 2.43. The summed E-state index contributed by atoms with van der Waals surface area (Å²) in [6, 6.07) is 73.1. The molecule has 0 aliphatic carbocycles. The Morgan fingerprint density at radius 2 is 0.763 bits per heavy atom. The van der Waals surface area contributed by atoms with Crippen molar-refractivity contribution in [3.05, 3.63) is 212 Å². The third kappa shape index (κ3) is 6.50. The Balaban J connectivity index is 0.921. The van der Waals surface area contributed by atoms with Gasteiger partial charge in [-0.15, -0.1) is 0 Å². The smallest absolute Gasteiger partial charge is 0.0973 e. The molecule has 11 rings (SSSR count). The molecular formula is C55H35N3S. The summed E-state index contributed by atoms with van der Waals surface area (Å²) in [5, 5.41) is 2.44. The maximum Gasteiger partial charge on any atom is 0.0973 e. The molecule has 0 N–H and O–H groups in total. The van der Waals surface area contributed by atoms with Crippen LogP contribution in [-0.2, 0) is 0 Å². The summed E-state index contributed by atoms with van der Waals surface area (Å²) in [6.07, 6.45) is 2.02. The molecule has 0 spiro atoms. The van der Waals surface area contributed by atoms with E-state index >= 15 is 0 Å². The third-order valence-corrected chi connectivity index (χ3v) is 12.4. The maximum absolute atomic E-state index is 5.19. The fourth-order valence-corrected chi connectivity index (χ4v) is 9.24. The van der Waals surface area contributed by atoms with Crippen LogP contribution in [0.1, 0.15) is 5.56 Å². The van der Waals surface area contributed by atoms with E-state index in [4.69, 9.17) is 15.0 Å². The first-order valence-corrected chi connectivity index (χ1v) is 20.7. The number of hydrogen-bond donors (Lipinski definition) is 0. The summed E-state index contributed by atoms with van der Waals surface area (Å²) in [5.41, 5.74) is 17.2. The minimum absolute atomic E-state index is 0.870. The lowest BCUT2D eigenvalue weighted by molar-refractivity contribution is 1.29. The number of nitrogens with zero attached hydrogens (tertiary/aromatic N) is 3. The highest BCUT2D eigenvalue weighted by atomic mass is 32.2. The van der Waals surface area contributed by atoms with Crippen molar-refractivity contribution in [1.29, 1.82) is 0 Å². The summed E-state index contributed by atoms with van der Waals surface area (Å²) in [6.45, 7) is 0. The van der Waals surface area contributed by atoms with Crippen LogP contribution < -0.4 is 0 Å². The molecule has 0 radical (unpaired) electrons. The van der Waals surface area contributed by atoms with E-state index in [1.807, 2.05) is 42.6 Å². The molecule has 0 saturated carbocycles. The molecule has 0 amide bonds. The minimum Gasteiger partial charge on any atom is -0.255 e. The molecule has 3 nitrogen and oxygen atoms in total. The topological polar surface area (TPSA) is 38.1 Å². The van der Waals surface area contributed by atoms with Gasteiger partial charge in [0.25, 0.3) is 0 Å². The van der Waals surface area contributed by atoms with Gasteiger partial charge in [-0.2, -0.15) is 0 Å². The molecule has 59 heavy (non-hydrogen) atoms. The zero-order chi connectivity index (χ0) is 39.1. The summed E-state index contributed by atoms with van der Waals surface area (Å²) in [7, 11) is 0. The largest absolute Gasteiger partial charge is 0.255 e. The van der Waals surface area contributed by atoms with Crippen LogP contribution in [0.15, 0.2) is 221 Å². The van der Waals surface area contributed by atoms with E-state index in [0.29, 0.717) is 0 Å². The average Bonchev–Trinajstić information content (AvgIpc) is 3.51. The third-order valence-electron chi connectivity index (χ3n) is 11.2. The van der Waals surface area contributed by atoms with E-state index in [-0.39, 0.29) is 0 Å². The quantitative estimate of drug-likeness (QED) is 0.169. The van der Waals surface area contributed by atoms with E-state index in [1.54, 1.807) is 11.8 Å². The molecule has 4 heteroatoms. The van der Waals surface area contributed by atoms with Crippen LogP contribution in [0.3, 0.4) is 0 Å². The van der Waals surface area contributed by atoms with Crippen molar-refractivity contribution in [2.24, 2.45) is 4.99 Å². The van der Waals surface area contributed by atoms with Crippen LogP contribution >= 0.6 is 11.8 Å². The van der Waals surface area contributed by atoms with E-state index in [1.165, 1.54) is 59.5 Å². The second-order valence-electron chi connectivity index (χ2n) is 14.8. The molecule has 0 fully saturated rings. The summed E-state index contributed by atoms with van der Waals surface area (Å²) in [5.74, 6) is 0. The second kappa shape index (κ2) is 14.8. The molecule has 10 aromatic rings. The van der Waals surface area contributed by atoms with Crippen molar-refractivity contribution in [2.45, 2.75) is 9.79 Å². The normalized spacial score (nSPS) is 11.9. The molecule has 1 aliphatic rings. The summed E-state index contributed by atoms with van der Waals surface area (Å²) in [4.78, 5) is 17.6. The molecule has 1 aliphatic heterocycles. The zero-order valence-corrected chi connectivity index (χ0v) is 32.8. The maximum atomic E-state index is 5.19. The lowest BCUT2D eigenvalue weighted by atomic mass is 9.90. The number of para-hydroxylation sites is 3. The van der Waals surface area contributed by atoms with Crippen LogP contribution in [0, 0.1) is 0 Å². The lowest BCUT2D eigenvalue weighted by Gasteiger charge is -2.14. The van der Waals surface area contributed by atoms with Crippen molar-refractivity contribution >= 4 is 45.5 Å². The fraction of sp³-hybridized carbons (Fsp3) is 0. The molecule has 0 unspecified atom stereocenters. The predicted molar refractivity (Wildman–Crippen MR) is 247 cm³/mol. The van der Waals surface area contributed by atoms with Gasteiger partial charge in [0, 0.05) is 32.7 Å². The van der Waals surface area contributed by atoms with Crippen LogP contribution in [-0.4, -0.2) is 16.2 Å². The van der Waals surface area contributed by atoms with Gasteiger partial charge in [0.2, 0.25) is 0 Å². The van der Waals surface area contributed by atoms with Crippen LogP contribution in [0.5, 0.6) is 0 Å². The summed E-state index contributed by atoms with van der Waals surface area (Å²) < 4.78 is 0. The zero-order valence-electron chi connectivity index (χ0n) is 32.0. The highest BCUT2D eigenvalue weighted by molar-refractivity contribution is 7.99. The first kappa shape index (κ1) is 34.8. The predicted octanol–water partition coefficient (Wildman–Crippen LogP) is 15.0. The SMILES string of the molecule is C1=Nc2ccccc2Sc2cccc(-c3ccc(-c4ccc(-c5ccc(-c6nc7ccccc7nc6-c6ccc(-c7ccccc7)cc6)cc5)c5ccccc45)cc3)c21. The van der Waals surface area contributed by atoms with E-state index < -0.39 is 0 Å². The number of aromatic nitrogens is 2. The standard InChI is InChI=1S/C55H35N3S/c1-2-11-36(12-3-1)37-21-29-41(30-22-37)54-55(58-50-17-7-6-16-49(50)57-54)42-31-27-40(28-32-42)45-34-33-44(46-13-4-5-14-47(45)46)39-25-23-38(24-26-39)43-15-10-20-52-48(43)35-56-51-18-8-9-19-53(51)59-52/h1-35H. The Labute approximate surface area is 347 Å². The Bertz CT molecular complexity index is 3210. The molecule has 276 valence electrons. The van der Waals surface area contributed by atoms with E-state index in [0.717, 1.165) is 50.4 Å². The fourth-order valence-electron chi connectivity index (χ4n) is 8.21. The Morgan fingerprint density at radius 3 is 1.37 bits per heavy atom. The van der Waals surface area contributed by atoms with Crippen molar-refractivity contribution in [3.63, 3.8) is 0 Å². The number of hydrogen-bond acceptors (Lipinski definition) is 4. The van der Waals surface area contributed by atoms with Crippen LogP contribution in [0.2, 0.25) is 0 Å². The van der Waals surface area contributed by atoms with E-state index in [9.17, 15) is 0 Å². The monoisotopic (exact) mass is 769 g/mol. The van der Waals surface area contributed by atoms with Gasteiger partial charge in [-0.1, -0.05) is 188 Å². The minimum atomic E-state index is 0.870. The van der Waals surface area contributed by atoms with Crippen molar-refractivity contribution in [2.75, 3.05) is 0 Å². The van der Waals surface area contributed by atoms with Gasteiger partial charge in [-0.25, -0.2) is 9.97 Å². The Kier molecular flexibility index (Phi) is 8.76. The number of rotatable bonds is 6. The van der Waals surface area contributed by atoms with Crippen LogP contribution in [0.4, 0.5) is 5.69 Å². The average molecular weight is 770 g/mol. The number of aliphatic imine (C=N–C) groups is 1. The molecular weight excluding hydrogens is 735 g/mol. The van der Waals surface area contributed by atoms with Gasteiger partial charge in [-0.05, 0) is 85.6 Å². The first-order valence-electron chi connectivity index (χ1n) is 19.8. The molecule has 0 atom stereocenters. The second-order valence-corrected chi connectivity index (χ2v) is 15.8. The highest BCUT2D eigenvalue weighted by Gasteiger charge is 2.17. The lowest BCUT2D eigenvalue weighted by Crippen LogP contribution is -1.95. The van der Waals surface area contributed by atoms with Crippen molar-refractivity contribution in [3.8, 4) is 67.0 Å². The molecule has 1 aromatic heterocycles. The van der Waals surface area contributed by atoms with Gasteiger partial charge >= 0.3 is 0 Å². The van der Waals surface area contributed by atoms with Gasteiger partial charge in [0.15, 0.2) is 0 Å². The molecule has 0 saturated heterocycles. The molecule has 9 aromatic carbocycles. The van der Waals surface area contributed by atoms with Crippen molar-refractivity contribution in [1.82, 2.24) is 9.97 Å². The Morgan fingerprint density at radius 1 is 0.305 bits per heavy atom. The Hall–Kier alpha value is -7.40. The van der Waals surface area contributed by atoms with Gasteiger partial charge in [0.1, 0.15) is 0 Å². The van der Waals surface area contributed by atoms with Gasteiger partial charge in [0.05, 0.1) is 28.1 Å².